The zero-order valence-corrected chi connectivity index (χ0v) is 21.8. The average Bonchev–Trinajstić information content (AvgIpc) is 2.75. The SMILES string of the molecule is COCCOCCOCCOCCC[Si](Cl)(Cl)CCCOCCOCCOCCOC. The first-order valence-electron chi connectivity index (χ1n) is 10.9. The number of ether oxygens (including phenoxy) is 8. The zero-order valence-electron chi connectivity index (χ0n) is 19.2. The Hall–Kier alpha value is 0.477. The second kappa shape index (κ2) is 25.1. The van der Waals surface area contributed by atoms with Gasteiger partial charge < -0.3 is 37.9 Å². The van der Waals surface area contributed by atoms with Crippen molar-refractivity contribution in [1.29, 1.82) is 0 Å². The number of methoxy groups -OCH3 is 2. The summed E-state index contributed by atoms with van der Waals surface area (Å²) in [5, 5.41) is 0. The molecule has 0 saturated carbocycles. The molecular formula is C20H42Cl2O8Si. The van der Waals surface area contributed by atoms with Gasteiger partial charge in [-0.25, -0.2) is 0 Å². The molecule has 0 saturated heterocycles. The van der Waals surface area contributed by atoms with Crippen LogP contribution in [0.1, 0.15) is 12.8 Å². The molecule has 0 aromatic heterocycles. The average molecular weight is 510 g/mol. The molecule has 8 nitrogen and oxygen atoms in total. The Kier molecular flexibility index (Phi) is 25.5. The van der Waals surface area contributed by atoms with Gasteiger partial charge in [0.05, 0.1) is 79.3 Å². The Labute approximate surface area is 198 Å². The van der Waals surface area contributed by atoms with Crippen molar-refractivity contribution in [3.63, 3.8) is 0 Å². The molecule has 11 heteroatoms. The highest BCUT2D eigenvalue weighted by atomic mass is 35.7. The van der Waals surface area contributed by atoms with E-state index in [-0.39, 0.29) is 0 Å². The maximum Gasteiger partial charge on any atom is 0.251 e. The summed E-state index contributed by atoms with van der Waals surface area (Å²) in [6, 6.07) is 1.63. The minimum absolute atomic E-state index is 0.555. The molecule has 0 aromatic rings. The predicted octanol–water partition coefficient (Wildman–Crippen LogP) is 3.08. The van der Waals surface area contributed by atoms with E-state index in [1.54, 1.807) is 14.2 Å². The Balaban J connectivity index is 3.29. The van der Waals surface area contributed by atoms with E-state index in [1.165, 1.54) is 0 Å². The summed E-state index contributed by atoms with van der Waals surface area (Å²) in [7, 11) is 3.30. The molecule has 0 fully saturated rings. The van der Waals surface area contributed by atoms with E-state index in [9.17, 15) is 0 Å². The van der Waals surface area contributed by atoms with Crippen molar-refractivity contribution in [3.05, 3.63) is 0 Å². The second-order valence-electron chi connectivity index (χ2n) is 6.72. The highest BCUT2D eigenvalue weighted by Crippen LogP contribution is 2.28. The molecule has 0 amide bonds. The summed E-state index contributed by atoms with van der Waals surface area (Å²) in [5.41, 5.74) is 0. The topological polar surface area (TPSA) is 73.8 Å². The molecule has 0 spiro atoms. The van der Waals surface area contributed by atoms with E-state index in [1.807, 2.05) is 0 Å². The Morgan fingerprint density at radius 3 is 0.968 bits per heavy atom. The molecule has 0 rings (SSSR count). The van der Waals surface area contributed by atoms with E-state index >= 15 is 0 Å². The molecule has 0 aromatic carbocycles. The van der Waals surface area contributed by atoms with Crippen LogP contribution in [0.15, 0.2) is 0 Å². The lowest BCUT2D eigenvalue weighted by molar-refractivity contribution is 0.00362. The van der Waals surface area contributed by atoms with Crippen LogP contribution in [0.2, 0.25) is 12.1 Å². The van der Waals surface area contributed by atoms with Crippen molar-refractivity contribution in [2.45, 2.75) is 24.9 Å². The highest BCUT2D eigenvalue weighted by molar-refractivity contribution is 7.45. The molecule has 31 heavy (non-hydrogen) atoms. The van der Waals surface area contributed by atoms with Gasteiger partial charge in [0.2, 0.25) is 0 Å². The minimum Gasteiger partial charge on any atom is -0.382 e. The van der Waals surface area contributed by atoms with Gasteiger partial charge >= 0.3 is 0 Å². The van der Waals surface area contributed by atoms with Crippen LogP contribution in [0.3, 0.4) is 0 Å². The van der Waals surface area contributed by atoms with Crippen molar-refractivity contribution in [2.75, 3.05) is 107 Å². The van der Waals surface area contributed by atoms with Crippen LogP contribution < -0.4 is 0 Å². The van der Waals surface area contributed by atoms with Crippen LogP contribution in [0, 0.1) is 0 Å². The number of rotatable bonds is 26. The summed E-state index contributed by atoms with van der Waals surface area (Å²) in [6.45, 7) is 5.92. The number of hydrogen-bond acceptors (Lipinski definition) is 8. The molecular weight excluding hydrogens is 467 g/mol. The molecule has 0 aliphatic heterocycles. The third kappa shape index (κ3) is 26.6. The minimum atomic E-state index is -2.23. The number of hydrogen-bond donors (Lipinski definition) is 0. The van der Waals surface area contributed by atoms with Crippen molar-refractivity contribution < 1.29 is 37.9 Å². The van der Waals surface area contributed by atoms with E-state index < -0.39 is 6.69 Å². The largest absolute Gasteiger partial charge is 0.382 e. The zero-order chi connectivity index (χ0) is 22.9. The lowest BCUT2D eigenvalue weighted by atomic mass is 10.5. The summed E-state index contributed by atoms with van der Waals surface area (Å²) >= 11 is 13.0. The monoisotopic (exact) mass is 508 g/mol. The second-order valence-corrected chi connectivity index (χ2v) is 14.4. The van der Waals surface area contributed by atoms with Crippen LogP contribution in [0.25, 0.3) is 0 Å². The third-order valence-electron chi connectivity index (χ3n) is 4.01. The first kappa shape index (κ1) is 31.5. The van der Waals surface area contributed by atoms with E-state index in [0.29, 0.717) is 92.5 Å². The highest BCUT2D eigenvalue weighted by Gasteiger charge is 2.26. The Morgan fingerprint density at radius 1 is 0.419 bits per heavy atom. The predicted molar refractivity (Wildman–Crippen MR) is 125 cm³/mol. The van der Waals surface area contributed by atoms with Crippen molar-refractivity contribution in [3.8, 4) is 0 Å². The van der Waals surface area contributed by atoms with Gasteiger partial charge in [-0.1, -0.05) is 0 Å². The summed E-state index contributed by atoms with van der Waals surface area (Å²) in [5.74, 6) is 0. The smallest absolute Gasteiger partial charge is 0.251 e. The third-order valence-corrected chi connectivity index (χ3v) is 8.45. The first-order valence-corrected chi connectivity index (χ1v) is 15.4. The molecule has 0 unspecified atom stereocenters. The standard InChI is InChI=1S/C20H42Cl2O8Si/c1-23-7-9-27-15-17-29-13-11-25-5-3-19-31(21,22)20-4-6-26-12-14-30-18-16-28-10-8-24-2/h3-20H2,1-2H3. The summed E-state index contributed by atoms with van der Waals surface area (Å²) in [4.78, 5) is 0. The van der Waals surface area contributed by atoms with Gasteiger partial charge in [-0.15, -0.1) is 22.2 Å². The van der Waals surface area contributed by atoms with Crippen molar-refractivity contribution in [1.82, 2.24) is 0 Å². The molecule has 188 valence electrons. The molecule has 0 aliphatic carbocycles. The van der Waals surface area contributed by atoms with Gasteiger partial charge in [0.1, 0.15) is 0 Å². The van der Waals surface area contributed by atoms with Gasteiger partial charge in [0.25, 0.3) is 6.69 Å². The number of halogens is 2. The van der Waals surface area contributed by atoms with Crippen LogP contribution in [0.4, 0.5) is 0 Å². The fourth-order valence-corrected chi connectivity index (χ4v) is 5.54. The van der Waals surface area contributed by atoms with E-state index in [0.717, 1.165) is 24.9 Å². The molecule has 0 atom stereocenters. The fraction of sp³-hybridized carbons (Fsp3) is 1.00. The first-order chi connectivity index (χ1) is 15.1. The van der Waals surface area contributed by atoms with Crippen LogP contribution in [-0.4, -0.2) is 113 Å². The molecule has 0 N–H and O–H groups in total. The quantitative estimate of drug-likeness (QED) is 0.100. The normalized spacial score (nSPS) is 12.0. The van der Waals surface area contributed by atoms with Crippen LogP contribution in [-0.2, 0) is 37.9 Å². The molecule has 0 aliphatic rings. The molecule has 0 radical (unpaired) electrons. The fourth-order valence-electron chi connectivity index (χ4n) is 2.36. The van der Waals surface area contributed by atoms with Crippen LogP contribution >= 0.6 is 22.2 Å². The van der Waals surface area contributed by atoms with Crippen molar-refractivity contribution >= 4 is 28.9 Å². The van der Waals surface area contributed by atoms with Gasteiger partial charge in [0.15, 0.2) is 0 Å². The van der Waals surface area contributed by atoms with Gasteiger partial charge in [-0.05, 0) is 24.9 Å². The summed E-state index contributed by atoms with van der Waals surface area (Å²) < 4.78 is 42.3. The van der Waals surface area contributed by atoms with Crippen LogP contribution in [0.5, 0.6) is 0 Å². The lowest BCUT2D eigenvalue weighted by Gasteiger charge is -2.16. The molecule has 0 heterocycles. The summed E-state index contributed by atoms with van der Waals surface area (Å²) in [6.07, 6.45) is 1.72. The van der Waals surface area contributed by atoms with Gasteiger partial charge in [-0.2, -0.15) is 0 Å². The molecule has 0 bridgehead atoms. The van der Waals surface area contributed by atoms with Crippen molar-refractivity contribution in [2.24, 2.45) is 0 Å². The maximum absolute atomic E-state index is 6.50. The Morgan fingerprint density at radius 2 is 0.677 bits per heavy atom. The van der Waals surface area contributed by atoms with E-state index in [2.05, 4.69) is 0 Å². The Bertz CT molecular complexity index is 327. The maximum atomic E-state index is 6.50. The van der Waals surface area contributed by atoms with Gasteiger partial charge in [-0.3, -0.25) is 0 Å². The lowest BCUT2D eigenvalue weighted by Crippen LogP contribution is -2.20. The van der Waals surface area contributed by atoms with E-state index in [4.69, 9.17) is 60.1 Å². The van der Waals surface area contributed by atoms with Gasteiger partial charge in [0, 0.05) is 27.4 Å².